The maximum atomic E-state index is 11.9. The van der Waals surface area contributed by atoms with Crippen molar-refractivity contribution in [1.82, 2.24) is 4.98 Å². The van der Waals surface area contributed by atoms with Crippen LogP contribution in [0.1, 0.15) is 5.56 Å². The van der Waals surface area contributed by atoms with E-state index in [1.54, 1.807) is 12.1 Å². The van der Waals surface area contributed by atoms with Gasteiger partial charge in [0.05, 0.1) is 0 Å². The number of aromatic nitrogens is 1. The van der Waals surface area contributed by atoms with Gasteiger partial charge in [0.15, 0.2) is 0 Å². The second kappa shape index (κ2) is 9.15. The summed E-state index contributed by atoms with van der Waals surface area (Å²) < 4.78 is 62.8. The number of hydrogen-bond acceptors (Lipinski definition) is 8. The molecule has 0 radical (unpaired) electrons. The first-order valence-corrected chi connectivity index (χ1v) is 8.40. The predicted molar refractivity (Wildman–Crippen MR) is 79.5 cm³/mol. The summed E-state index contributed by atoms with van der Waals surface area (Å²) in [4.78, 5) is 3.92. The van der Waals surface area contributed by atoms with Crippen molar-refractivity contribution in [2.24, 2.45) is 0 Å². The number of benzene rings is 1. The number of aryl methyl sites for hydroxylation is 1. The molecule has 120 valence electrons. The predicted octanol–water partition coefficient (Wildman–Crippen LogP) is 0.439. The molecule has 2 aromatic rings. The van der Waals surface area contributed by atoms with Crippen LogP contribution in [0.3, 0.4) is 0 Å². The summed E-state index contributed by atoms with van der Waals surface area (Å²) in [5.74, 6) is 0.251. The fourth-order valence-corrected chi connectivity index (χ4v) is 2.20. The van der Waals surface area contributed by atoms with Crippen molar-refractivity contribution in [3.8, 4) is 5.75 Å². The molecule has 0 unspecified atom stereocenters. The fourth-order valence-electron chi connectivity index (χ4n) is 1.27. The second-order valence-corrected chi connectivity index (χ2v) is 6.30. The van der Waals surface area contributed by atoms with Gasteiger partial charge >= 0.3 is 33.2 Å². The Bertz CT molecular complexity index is 798. The standard InChI is InChI=1S/C12H11NO3S.Mg.H2O4S/c1-10-2-4-12(5-3-10)17(14,15)16-11-6-8-13-9-7-11;;1-5(2,3)4/h2-9H,1H3;;(H2,1,2,3,4)/q;+2;/p-2. The van der Waals surface area contributed by atoms with Crippen molar-refractivity contribution in [3.63, 3.8) is 0 Å². The minimum absolute atomic E-state index is 0. The number of hydrogen-bond donors (Lipinski definition) is 0. The summed E-state index contributed by atoms with van der Waals surface area (Å²) in [6.45, 7) is 1.89. The minimum atomic E-state index is -5.17. The summed E-state index contributed by atoms with van der Waals surface area (Å²) >= 11 is 0. The van der Waals surface area contributed by atoms with Crippen LogP contribution in [0.2, 0.25) is 0 Å². The largest absolute Gasteiger partial charge is 2.00 e. The topological polar surface area (TPSA) is 137 Å². The first-order valence-electron chi connectivity index (χ1n) is 5.66. The van der Waals surface area contributed by atoms with E-state index < -0.39 is 20.5 Å². The van der Waals surface area contributed by atoms with Gasteiger partial charge in [-0.15, -0.1) is 0 Å². The number of rotatable bonds is 3. The molecule has 0 fully saturated rings. The molecule has 1 aromatic heterocycles. The van der Waals surface area contributed by atoms with E-state index in [0.717, 1.165) is 5.56 Å². The van der Waals surface area contributed by atoms with Crippen LogP contribution in [0.5, 0.6) is 5.75 Å². The van der Waals surface area contributed by atoms with E-state index in [9.17, 15) is 8.42 Å². The quantitative estimate of drug-likeness (QED) is 0.329. The van der Waals surface area contributed by atoms with E-state index in [-0.39, 0.29) is 33.7 Å². The van der Waals surface area contributed by atoms with Gasteiger partial charge in [0.2, 0.25) is 0 Å². The molecular formula is C12H11MgNO7S2. The molecule has 0 saturated carbocycles. The third-order valence-electron chi connectivity index (χ3n) is 2.17. The summed E-state index contributed by atoms with van der Waals surface area (Å²) in [5, 5.41) is 0. The molecule has 0 bridgehead atoms. The molecule has 2 rings (SSSR count). The van der Waals surface area contributed by atoms with Crippen molar-refractivity contribution in [2.45, 2.75) is 11.8 Å². The maximum Gasteiger partial charge on any atom is 2.00 e. The molecule has 0 saturated heterocycles. The Labute approximate surface area is 150 Å². The van der Waals surface area contributed by atoms with Gasteiger partial charge in [-0.1, -0.05) is 17.7 Å². The van der Waals surface area contributed by atoms with Crippen LogP contribution in [0.4, 0.5) is 0 Å². The van der Waals surface area contributed by atoms with Crippen molar-refractivity contribution >= 4 is 43.6 Å². The molecule has 11 heteroatoms. The van der Waals surface area contributed by atoms with Gasteiger partial charge in [-0.2, -0.15) is 8.42 Å². The molecule has 0 atom stereocenters. The molecule has 1 aromatic carbocycles. The van der Waals surface area contributed by atoms with Crippen LogP contribution in [0.15, 0.2) is 53.7 Å². The van der Waals surface area contributed by atoms with E-state index in [1.165, 1.54) is 36.7 Å². The molecule has 1 heterocycles. The molecule has 0 N–H and O–H groups in total. The Morgan fingerprint density at radius 2 is 1.35 bits per heavy atom. The van der Waals surface area contributed by atoms with Crippen LogP contribution >= 0.6 is 0 Å². The van der Waals surface area contributed by atoms with Gasteiger partial charge in [0, 0.05) is 34.9 Å². The smallest absolute Gasteiger partial charge is 0.759 e. The Hall–Kier alpha value is -1.24. The summed E-state index contributed by atoms with van der Waals surface area (Å²) in [6.07, 6.45) is 2.94. The van der Waals surface area contributed by atoms with Crippen molar-refractivity contribution in [2.75, 3.05) is 0 Å². The Morgan fingerprint density at radius 1 is 0.913 bits per heavy atom. The van der Waals surface area contributed by atoms with Crippen LogP contribution in [0, 0.1) is 6.92 Å². The molecule has 8 nitrogen and oxygen atoms in total. The van der Waals surface area contributed by atoms with Gasteiger partial charge in [-0.25, -0.2) is 0 Å². The minimum Gasteiger partial charge on any atom is -0.759 e. The maximum absolute atomic E-state index is 11.9. The van der Waals surface area contributed by atoms with Crippen molar-refractivity contribution < 1.29 is 30.1 Å². The molecule has 0 aliphatic rings. The fraction of sp³-hybridized carbons (Fsp3) is 0.0833. The van der Waals surface area contributed by atoms with Gasteiger partial charge in [-0.3, -0.25) is 13.4 Å². The van der Waals surface area contributed by atoms with E-state index in [2.05, 4.69) is 4.98 Å². The average molecular weight is 370 g/mol. The molecular weight excluding hydrogens is 359 g/mol. The summed E-state index contributed by atoms with van der Waals surface area (Å²) in [6, 6.07) is 9.47. The Kier molecular flexibility index (Phi) is 8.65. The zero-order valence-corrected chi connectivity index (χ0v) is 15.0. The molecule has 0 aliphatic heterocycles. The van der Waals surface area contributed by atoms with Gasteiger partial charge < -0.3 is 13.3 Å². The van der Waals surface area contributed by atoms with E-state index in [1.807, 2.05) is 6.92 Å². The zero-order valence-electron chi connectivity index (χ0n) is 11.9. The second-order valence-electron chi connectivity index (χ2n) is 3.94. The monoisotopic (exact) mass is 369 g/mol. The number of nitrogens with zero attached hydrogens (tertiary/aromatic N) is 1. The third kappa shape index (κ3) is 9.48. The summed E-state index contributed by atoms with van der Waals surface area (Å²) in [7, 11) is -8.92. The molecule has 0 aliphatic carbocycles. The first kappa shape index (κ1) is 21.8. The Morgan fingerprint density at radius 3 is 1.78 bits per heavy atom. The van der Waals surface area contributed by atoms with Crippen molar-refractivity contribution in [3.05, 3.63) is 54.4 Å². The van der Waals surface area contributed by atoms with Gasteiger partial charge in [0.25, 0.3) is 0 Å². The SMILES string of the molecule is Cc1ccc(S(=O)(=O)Oc2ccncc2)cc1.O=S(=O)([O-])[O-].[Mg+2]. The molecule has 0 amide bonds. The van der Waals surface area contributed by atoms with Gasteiger partial charge in [0.1, 0.15) is 10.6 Å². The van der Waals surface area contributed by atoms with Crippen LogP contribution < -0.4 is 4.18 Å². The van der Waals surface area contributed by atoms with Crippen LogP contribution in [-0.4, -0.2) is 54.0 Å². The van der Waals surface area contributed by atoms with Crippen LogP contribution in [-0.2, 0) is 20.5 Å². The van der Waals surface area contributed by atoms with E-state index in [4.69, 9.17) is 21.7 Å². The first-order chi connectivity index (χ1) is 10.1. The van der Waals surface area contributed by atoms with E-state index >= 15 is 0 Å². The Balaban J connectivity index is 0.000000709. The zero-order chi connectivity index (χ0) is 16.8. The summed E-state index contributed by atoms with van der Waals surface area (Å²) in [5.41, 5.74) is 0.993. The molecule has 23 heavy (non-hydrogen) atoms. The molecule has 0 spiro atoms. The van der Waals surface area contributed by atoms with Gasteiger partial charge in [-0.05, 0) is 19.1 Å². The average Bonchev–Trinajstić information content (AvgIpc) is 2.38. The normalized spacial score (nSPS) is 10.7. The van der Waals surface area contributed by atoms with E-state index in [0.29, 0.717) is 0 Å². The third-order valence-corrected chi connectivity index (χ3v) is 3.43. The van der Waals surface area contributed by atoms with Crippen LogP contribution in [0.25, 0.3) is 0 Å². The number of pyridine rings is 1. The van der Waals surface area contributed by atoms with Crippen molar-refractivity contribution in [1.29, 1.82) is 0 Å².